The maximum absolute atomic E-state index is 12.3. The van der Waals surface area contributed by atoms with E-state index in [1.54, 1.807) is 61.4 Å². The molecule has 204 valence electrons. The number of nitrogens with zero attached hydrogens (tertiary/aromatic N) is 5. The molecule has 0 radical (unpaired) electrons. The molecule has 0 aliphatic carbocycles. The van der Waals surface area contributed by atoms with E-state index in [9.17, 15) is 19.8 Å². The van der Waals surface area contributed by atoms with Crippen molar-refractivity contribution in [3.8, 4) is 17.3 Å². The third kappa shape index (κ3) is 6.03. The van der Waals surface area contributed by atoms with Crippen LogP contribution in [-0.2, 0) is 11.2 Å². The van der Waals surface area contributed by atoms with Gasteiger partial charge in [-0.05, 0) is 37.6 Å². The molecule has 11 heteroatoms. The van der Waals surface area contributed by atoms with Crippen molar-refractivity contribution in [3.63, 3.8) is 0 Å². The van der Waals surface area contributed by atoms with E-state index >= 15 is 0 Å². The Labute approximate surface area is 226 Å². The Morgan fingerprint density at radius 1 is 1.08 bits per heavy atom. The Kier molecular flexibility index (Phi) is 8.18. The van der Waals surface area contributed by atoms with Crippen LogP contribution >= 0.6 is 0 Å². The highest BCUT2D eigenvalue weighted by Gasteiger charge is 2.23. The molecule has 0 spiro atoms. The number of carbonyl (C=O) groups excluding carboxylic acids is 1. The Morgan fingerprint density at radius 2 is 1.77 bits per heavy atom. The lowest BCUT2D eigenvalue weighted by atomic mass is 10.1. The van der Waals surface area contributed by atoms with Crippen molar-refractivity contribution in [1.82, 2.24) is 19.4 Å². The largest absolute Gasteiger partial charge is 0.494 e. The van der Waals surface area contributed by atoms with E-state index in [1.807, 2.05) is 36.9 Å². The lowest BCUT2D eigenvalue weighted by Crippen LogP contribution is -2.33. The van der Waals surface area contributed by atoms with Crippen LogP contribution in [-0.4, -0.2) is 74.9 Å². The van der Waals surface area contributed by atoms with E-state index < -0.39 is 18.1 Å². The van der Waals surface area contributed by atoms with Crippen LogP contribution in [0.25, 0.3) is 16.5 Å². The van der Waals surface area contributed by atoms with Gasteiger partial charge in [-0.2, -0.15) is 4.98 Å². The quantitative estimate of drug-likeness (QED) is 0.276. The molecule has 1 atom stereocenters. The summed E-state index contributed by atoms with van der Waals surface area (Å²) in [7, 11) is 3.17. The number of aromatic hydroxyl groups is 1. The van der Waals surface area contributed by atoms with Gasteiger partial charge in [-0.3, -0.25) is 4.57 Å². The van der Waals surface area contributed by atoms with Gasteiger partial charge in [0, 0.05) is 50.6 Å². The summed E-state index contributed by atoms with van der Waals surface area (Å²) in [6.07, 6.45) is 2.96. The molecular weight excluding hydrogens is 500 g/mol. The van der Waals surface area contributed by atoms with Crippen molar-refractivity contribution in [2.24, 2.45) is 0 Å². The van der Waals surface area contributed by atoms with Gasteiger partial charge in [0.05, 0.1) is 6.20 Å². The number of anilines is 2. The fraction of sp³-hybridized carbons (Fsp3) is 0.286. The molecule has 11 nitrogen and oxygen atoms in total. The van der Waals surface area contributed by atoms with Crippen LogP contribution in [0, 0.1) is 0 Å². The van der Waals surface area contributed by atoms with Gasteiger partial charge in [0.2, 0.25) is 11.8 Å². The van der Waals surface area contributed by atoms with Gasteiger partial charge in [-0.1, -0.05) is 30.3 Å². The molecule has 0 saturated heterocycles. The number of hydrogen-bond acceptors (Lipinski definition) is 8. The molecule has 0 saturated carbocycles. The minimum Gasteiger partial charge on any atom is -0.494 e. The topological polar surface area (TPSA) is 133 Å². The molecule has 39 heavy (non-hydrogen) atoms. The number of carbonyl (C=O) groups is 2. The second-order valence-electron chi connectivity index (χ2n) is 9.13. The van der Waals surface area contributed by atoms with Crippen LogP contribution in [0.1, 0.15) is 19.4 Å². The van der Waals surface area contributed by atoms with Crippen LogP contribution in [0.15, 0.2) is 60.9 Å². The maximum atomic E-state index is 12.3. The zero-order chi connectivity index (χ0) is 28.1. The number of aliphatic carboxylic acids is 1. The number of benzene rings is 2. The minimum atomic E-state index is -1.08. The van der Waals surface area contributed by atoms with Crippen molar-refractivity contribution >= 4 is 34.6 Å². The van der Waals surface area contributed by atoms with Gasteiger partial charge in [-0.25, -0.2) is 14.6 Å². The zero-order valence-corrected chi connectivity index (χ0v) is 22.3. The number of amides is 1. The SMILES string of the molecule is CCN(CC)c1ncc(-n2cc3ccccc3c2O)c(N[C@@H](Cc2ccc(OC(=O)N(C)C)cc2)C(=O)O)n1. The summed E-state index contributed by atoms with van der Waals surface area (Å²) < 4.78 is 6.79. The fourth-order valence-electron chi connectivity index (χ4n) is 4.12. The van der Waals surface area contributed by atoms with Gasteiger partial charge in [0.25, 0.3) is 0 Å². The highest BCUT2D eigenvalue weighted by molar-refractivity contribution is 5.89. The zero-order valence-electron chi connectivity index (χ0n) is 22.3. The molecule has 2 aromatic heterocycles. The Balaban J connectivity index is 1.68. The lowest BCUT2D eigenvalue weighted by molar-refractivity contribution is -0.137. The van der Waals surface area contributed by atoms with Gasteiger partial charge < -0.3 is 30.1 Å². The van der Waals surface area contributed by atoms with E-state index in [1.165, 1.54) is 4.90 Å². The van der Waals surface area contributed by atoms with Crippen molar-refractivity contribution in [2.75, 3.05) is 37.4 Å². The number of fused-ring (bicyclic) bond motifs is 1. The summed E-state index contributed by atoms with van der Waals surface area (Å²) in [5, 5.41) is 25.6. The Morgan fingerprint density at radius 3 is 2.38 bits per heavy atom. The standard InChI is InChI=1S/C28H32N6O5/c1-5-33(6-2)27-29-16-23(34-17-19-9-7-8-10-21(19)25(34)35)24(31-27)30-22(26(36)37)15-18-11-13-20(14-12-18)39-28(38)32(3)4/h7-14,16-17,22,35H,5-6,15H2,1-4H3,(H,36,37)(H,29,30,31)/t22-/m0/s1. The first-order valence-corrected chi connectivity index (χ1v) is 12.6. The van der Waals surface area contributed by atoms with E-state index in [0.717, 1.165) is 5.39 Å². The maximum Gasteiger partial charge on any atom is 0.414 e. The molecule has 0 fully saturated rings. The number of carboxylic acid groups (broad SMARTS) is 1. The normalized spacial score (nSPS) is 11.7. The molecule has 1 amide bonds. The summed E-state index contributed by atoms with van der Waals surface area (Å²) in [5.41, 5.74) is 1.13. The first-order chi connectivity index (χ1) is 18.7. The molecule has 4 aromatic rings. The molecule has 4 rings (SSSR count). The van der Waals surface area contributed by atoms with Crippen LogP contribution in [0.3, 0.4) is 0 Å². The molecule has 2 heterocycles. The van der Waals surface area contributed by atoms with E-state index in [2.05, 4.69) is 15.3 Å². The molecule has 0 aliphatic rings. The van der Waals surface area contributed by atoms with Gasteiger partial charge in [-0.15, -0.1) is 0 Å². The third-order valence-electron chi connectivity index (χ3n) is 6.30. The monoisotopic (exact) mass is 532 g/mol. The first kappa shape index (κ1) is 27.2. The number of aromatic nitrogens is 3. The molecule has 2 aromatic carbocycles. The lowest BCUT2D eigenvalue weighted by Gasteiger charge is -2.22. The second-order valence-corrected chi connectivity index (χ2v) is 9.13. The number of ether oxygens (including phenoxy) is 1. The summed E-state index contributed by atoms with van der Waals surface area (Å²) in [5.74, 6) is -0.00370. The predicted octanol–water partition coefficient (Wildman–Crippen LogP) is 4.14. The molecule has 0 bridgehead atoms. The van der Waals surface area contributed by atoms with Crippen molar-refractivity contribution in [3.05, 3.63) is 66.5 Å². The minimum absolute atomic E-state index is 0.00238. The second kappa shape index (κ2) is 11.7. The van der Waals surface area contributed by atoms with Gasteiger partial charge >= 0.3 is 12.1 Å². The average Bonchev–Trinajstić information content (AvgIpc) is 3.26. The number of carboxylic acids is 1. The van der Waals surface area contributed by atoms with Crippen molar-refractivity contribution in [2.45, 2.75) is 26.3 Å². The summed E-state index contributed by atoms with van der Waals surface area (Å²) in [6.45, 7) is 5.30. The first-order valence-electron chi connectivity index (χ1n) is 12.6. The average molecular weight is 533 g/mol. The smallest absolute Gasteiger partial charge is 0.414 e. The van der Waals surface area contributed by atoms with E-state index in [4.69, 9.17) is 4.74 Å². The van der Waals surface area contributed by atoms with Gasteiger partial charge in [0.1, 0.15) is 17.5 Å². The Bertz CT molecular complexity index is 1460. The third-order valence-corrected chi connectivity index (χ3v) is 6.30. The molecule has 3 N–H and O–H groups in total. The predicted molar refractivity (Wildman–Crippen MR) is 149 cm³/mol. The fourth-order valence-corrected chi connectivity index (χ4v) is 4.12. The highest BCUT2D eigenvalue weighted by Crippen LogP contribution is 2.33. The number of hydrogen-bond donors (Lipinski definition) is 3. The van der Waals surface area contributed by atoms with Gasteiger partial charge in [0.15, 0.2) is 5.82 Å². The van der Waals surface area contributed by atoms with Crippen LogP contribution in [0.2, 0.25) is 0 Å². The van der Waals surface area contributed by atoms with Crippen LogP contribution in [0.4, 0.5) is 16.6 Å². The molecule has 0 aliphatic heterocycles. The number of nitrogens with one attached hydrogen (secondary N) is 1. The van der Waals surface area contributed by atoms with Crippen LogP contribution < -0.4 is 15.0 Å². The summed E-state index contributed by atoms with van der Waals surface area (Å²) in [4.78, 5) is 36.6. The Hall–Kier alpha value is -4.80. The summed E-state index contributed by atoms with van der Waals surface area (Å²) >= 11 is 0. The van der Waals surface area contributed by atoms with E-state index in [-0.39, 0.29) is 18.1 Å². The molecular formula is C28H32N6O5. The van der Waals surface area contributed by atoms with Crippen molar-refractivity contribution in [1.29, 1.82) is 0 Å². The van der Waals surface area contributed by atoms with Crippen LogP contribution in [0.5, 0.6) is 11.6 Å². The summed E-state index contributed by atoms with van der Waals surface area (Å²) in [6, 6.07) is 13.0. The van der Waals surface area contributed by atoms with Crippen molar-refractivity contribution < 1.29 is 24.5 Å². The van der Waals surface area contributed by atoms with E-state index in [0.29, 0.717) is 41.4 Å². The number of rotatable bonds is 10. The highest BCUT2D eigenvalue weighted by atomic mass is 16.6. The molecule has 0 unspecified atom stereocenters.